The number of rotatable bonds is 6. The Kier molecular flexibility index (Phi) is 7.60. The molecule has 172 valence electrons. The van der Waals surface area contributed by atoms with Crippen LogP contribution in [-0.2, 0) is 11.3 Å². The first-order chi connectivity index (χ1) is 16.2. The van der Waals surface area contributed by atoms with Crippen molar-refractivity contribution < 1.29 is 26.2 Å². The number of likely N-dealkylation sites (tertiary alicyclic amines) is 1. The number of halogens is 2. The molecular weight excluding hydrogens is 508 g/mol. The fourth-order valence-electron chi connectivity index (χ4n) is 5.07. The fraction of sp³-hybridized carbons (Fsp3) is 0.138. The highest BCUT2D eigenvalue weighted by Crippen LogP contribution is 2.62. The highest BCUT2D eigenvalue weighted by atomic mass is 79.9. The highest BCUT2D eigenvalue weighted by molar-refractivity contribution is 7.96. The fourth-order valence-corrected chi connectivity index (χ4v) is 9.97. The van der Waals surface area contributed by atoms with Crippen molar-refractivity contribution in [3.63, 3.8) is 0 Å². The summed E-state index contributed by atoms with van der Waals surface area (Å²) in [7, 11) is -2.27. The van der Waals surface area contributed by atoms with E-state index in [1.165, 1.54) is 28.0 Å². The van der Waals surface area contributed by atoms with E-state index in [1.807, 2.05) is 29.2 Å². The second kappa shape index (κ2) is 10.6. The molecule has 0 bridgehead atoms. The molecule has 0 aromatic heterocycles. The van der Waals surface area contributed by atoms with Gasteiger partial charge in [0.15, 0.2) is 5.66 Å². The Morgan fingerprint density at radius 2 is 1.24 bits per heavy atom. The van der Waals surface area contributed by atoms with Crippen LogP contribution in [0.3, 0.4) is 0 Å². The molecule has 34 heavy (non-hydrogen) atoms. The van der Waals surface area contributed by atoms with Gasteiger partial charge in [0, 0.05) is 19.5 Å². The Hall–Kier alpha value is -2.81. The first-order valence-electron chi connectivity index (χ1n) is 11.3. The van der Waals surface area contributed by atoms with Crippen LogP contribution in [-0.4, -0.2) is 23.0 Å². The van der Waals surface area contributed by atoms with E-state index in [2.05, 4.69) is 72.8 Å². The van der Waals surface area contributed by atoms with Gasteiger partial charge >= 0.3 is 0 Å². The van der Waals surface area contributed by atoms with Crippen LogP contribution in [0.4, 0.5) is 4.39 Å². The van der Waals surface area contributed by atoms with E-state index in [1.54, 1.807) is 6.07 Å². The number of nitrogens with zero attached hydrogens (tertiary/aromatic N) is 1. The van der Waals surface area contributed by atoms with E-state index in [-0.39, 0.29) is 34.4 Å². The van der Waals surface area contributed by atoms with Gasteiger partial charge in [0.05, 0.1) is 0 Å². The number of amides is 1. The monoisotopic (exact) mass is 533 g/mol. The SMILES string of the molecule is O=C1[C@H]([P+](c2ccccc2)(c2ccccc2)c2ccccc2)CCN1Cc1cccc(F)c1.[Br-]. The molecule has 1 fully saturated rings. The molecule has 1 heterocycles. The Bertz CT molecular complexity index is 1140. The molecule has 0 spiro atoms. The molecule has 0 aliphatic carbocycles. The van der Waals surface area contributed by atoms with E-state index in [0.717, 1.165) is 12.0 Å². The van der Waals surface area contributed by atoms with Gasteiger partial charge in [-0.05, 0) is 54.1 Å². The number of benzene rings is 4. The lowest BCUT2D eigenvalue weighted by molar-refractivity contribution is -0.127. The maximum Gasteiger partial charge on any atom is 0.264 e. The molecule has 1 atom stereocenters. The van der Waals surface area contributed by atoms with Crippen LogP contribution in [0.5, 0.6) is 0 Å². The van der Waals surface area contributed by atoms with Gasteiger partial charge in [0.2, 0.25) is 0 Å². The molecule has 0 N–H and O–H groups in total. The smallest absolute Gasteiger partial charge is 0.264 e. The van der Waals surface area contributed by atoms with Crippen molar-refractivity contribution in [2.45, 2.75) is 18.6 Å². The topological polar surface area (TPSA) is 20.3 Å². The maximum atomic E-state index is 14.0. The van der Waals surface area contributed by atoms with Crippen LogP contribution >= 0.6 is 7.26 Å². The second-order valence-electron chi connectivity index (χ2n) is 8.42. The second-order valence-corrected chi connectivity index (χ2v) is 12.0. The van der Waals surface area contributed by atoms with Crippen LogP contribution in [0.1, 0.15) is 12.0 Å². The van der Waals surface area contributed by atoms with E-state index in [9.17, 15) is 9.18 Å². The first kappa shape index (κ1) is 24.3. The number of carbonyl (C=O) groups excluding carboxylic acids is 1. The summed E-state index contributed by atoms with van der Waals surface area (Å²) in [5.74, 6) is -0.112. The quantitative estimate of drug-likeness (QED) is 0.347. The van der Waals surface area contributed by atoms with Gasteiger partial charge in [-0.2, -0.15) is 0 Å². The van der Waals surface area contributed by atoms with Crippen molar-refractivity contribution in [3.05, 3.63) is 127 Å². The van der Waals surface area contributed by atoms with Gasteiger partial charge in [0.25, 0.3) is 5.91 Å². The standard InChI is InChI=1S/C29H26FNOP.BrH/c30-24-12-10-11-23(21-24)22-31-20-19-28(29(31)32)33(25-13-4-1-5-14-25,26-15-6-2-7-16-26)27-17-8-3-9-18-27;/h1-18,21,28H,19-20,22H2;1H/q+1;/p-1/t28-;/m1./s1. The summed E-state index contributed by atoms with van der Waals surface area (Å²) < 4.78 is 13.8. The van der Waals surface area contributed by atoms with E-state index in [0.29, 0.717) is 13.1 Å². The van der Waals surface area contributed by atoms with Gasteiger partial charge in [0.1, 0.15) is 29.0 Å². The number of hydrogen-bond donors (Lipinski definition) is 0. The average Bonchev–Trinajstić information content (AvgIpc) is 3.22. The molecule has 5 rings (SSSR count). The molecule has 1 aliphatic heterocycles. The molecule has 0 unspecified atom stereocenters. The largest absolute Gasteiger partial charge is 1.00 e. The minimum atomic E-state index is -2.27. The molecule has 2 nitrogen and oxygen atoms in total. The van der Waals surface area contributed by atoms with Crippen molar-refractivity contribution in [2.75, 3.05) is 6.54 Å². The Labute approximate surface area is 211 Å². The summed E-state index contributed by atoms with van der Waals surface area (Å²) in [6.07, 6.45) is 0.778. The zero-order valence-corrected chi connectivity index (χ0v) is 21.2. The average molecular weight is 534 g/mol. The van der Waals surface area contributed by atoms with Crippen molar-refractivity contribution in [1.82, 2.24) is 4.90 Å². The van der Waals surface area contributed by atoms with E-state index >= 15 is 0 Å². The molecular formula is C29H26BrFNOP. The van der Waals surface area contributed by atoms with E-state index in [4.69, 9.17) is 0 Å². The summed E-state index contributed by atoms with van der Waals surface area (Å²) in [5.41, 5.74) is 0.672. The zero-order chi connectivity index (χ0) is 22.7. The molecule has 1 aliphatic rings. The zero-order valence-electron chi connectivity index (χ0n) is 18.7. The van der Waals surface area contributed by atoms with Crippen LogP contribution < -0.4 is 32.9 Å². The summed E-state index contributed by atoms with van der Waals surface area (Å²) >= 11 is 0. The Morgan fingerprint density at radius 3 is 1.71 bits per heavy atom. The van der Waals surface area contributed by atoms with Gasteiger partial charge in [-0.3, -0.25) is 4.79 Å². The van der Waals surface area contributed by atoms with Crippen LogP contribution in [0.25, 0.3) is 0 Å². The van der Waals surface area contributed by atoms with Gasteiger partial charge < -0.3 is 21.9 Å². The Morgan fingerprint density at radius 1 is 0.735 bits per heavy atom. The Balaban J connectivity index is 0.00000274. The molecule has 1 amide bonds. The maximum absolute atomic E-state index is 14.0. The van der Waals surface area contributed by atoms with Crippen LogP contribution in [0.15, 0.2) is 115 Å². The number of carbonyl (C=O) groups is 1. The third-order valence-corrected chi connectivity index (χ3v) is 11.2. The third-order valence-electron chi connectivity index (χ3n) is 6.49. The number of hydrogen-bond acceptors (Lipinski definition) is 1. The van der Waals surface area contributed by atoms with Gasteiger partial charge in [-0.25, -0.2) is 4.39 Å². The van der Waals surface area contributed by atoms with Crippen molar-refractivity contribution in [2.24, 2.45) is 0 Å². The summed E-state index contributed by atoms with van der Waals surface area (Å²) in [6, 6.07) is 38.1. The molecule has 4 aromatic rings. The van der Waals surface area contributed by atoms with Crippen LogP contribution in [0.2, 0.25) is 0 Å². The van der Waals surface area contributed by atoms with Gasteiger partial charge in [-0.15, -0.1) is 0 Å². The predicted octanol–water partition coefficient (Wildman–Crippen LogP) is 1.92. The third kappa shape index (κ3) is 4.45. The summed E-state index contributed by atoms with van der Waals surface area (Å²) in [5, 5.41) is 3.65. The minimum absolute atomic E-state index is 0. The lowest BCUT2D eigenvalue weighted by atomic mass is 10.2. The van der Waals surface area contributed by atoms with Crippen molar-refractivity contribution in [3.8, 4) is 0 Å². The van der Waals surface area contributed by atoms with E-state index < -0.39 is 7.26 Å². The first-order valence-corrected chi connectivity index (χ1v) is 13.1. The lowest BCUT2D eigenvalue weighted by Gasteiger charge is -2.32. The normalized spacial score (nSPS) is 15.7. The van der Waals surface area contributed by atoms with Crippen LogP contribution in [0, 0.1) is 5.82 Å². The van der Waals surface area contributed by atoms with Crippen molar-refractivity contribution >= 4 is 29.1 Å². The summed E-state index contributed by atoms with van der Waals surface area (Å²) in [6.45, 7) is 1.11. The molecule has 1 saturated heterocycles. The molecule has 5 heteroatoms. The predicted molar refractivity (Wildman–Crippen MR) is 135 cm³/mol. The molecule has 0 saturated carbocycles. The highest BCUT2D eigenvalue weighted by Gasteiger charge is 2.58. The minimum Gasteiger partial charge on any atom is -1.00 e. The molecule has 4 aromatic carbocycles. The molecule has 0 radical (unpaired) electrons. The van der Waals surface area contributed by atoms with Crippen molar-refractivity contribution in [1.29, 1.82) is 0 Å². The van der Waals surface area contributed by atoms with Gasteiger partial charge in [-0.1, -0.05) is 66.7 Å². The lowest BCUT2D eigenvalue weighted by Crippen LogP contribution is -3.00. The summed E-state index contributed by atoms with van der Waals surface area (Å²) in [4.78, 5) is 15.9.